The Morgan fingerprint density at radius 1 is 1.26 bits per heavy atom. The second kappa shape index (κ2) is 6.33. The first-order valence-corrected chi connectivity index (χ1v) is 6.49. The molecule has 3 amide bonds. The molecule has 1 unspecified atom stereocenters. The molecule has 5 heteroatoms. The number of aryl methyl sites for hydroxylation is 1. The Morgan fingerprint density at radius 3 is 2.68 bits per heavy atom. The second-order valence-corrected chi connectivity index (χ2v) is 4.38. The summed E-state index contributed by atoms with van der Waals surface area (Å²) < 4.78 is 5.29. The van der Waals surface area contributed by atoms with E-state index in [1.54, 1.807) is 6.92 Å². The van der Waals surface area contributed by atoms with Gasteiger partial charge in [-0.25, -0.2) is 4.79 Å². The minimum atomic E-state index is -0.770. The fraction of sp³-hybridized carbons (Fsp3) is 0.429. The SMILES string of the molecule is CCOC1C(=O)NC(=O)N1CCCc1ccccc1. The van der Waals surface area contributed by atoms with Gasteiger partial charge in [-0.1, -0.05) is 30.3 Å². The fourth-order valence-corrected chi connectivity index (χ4v) is 2.13. The van der Waals surface area contributed by atoms with Gasteiger partial charge in [0.25, 0.3) is 5.91 Å². The molecule has 1 aromatic carbocycles. The van der Waals surface area contributed by atoms with E-state index < -0.39 is 6.23 Å². The van der Waals surface area contributed by atoms with Crippen LogP contribution in [0.5, 0.6) is 0 Å². The van der Waals surface area contributed by atoms with E-state index in [1.807, 2.05) is 18.2 Å². The number of hydrogen-bond donors (Lipinski definition) is 1. The molecule has 0 radical (unpaired) electrons. The topological polar surface area (TPSA) is 58.6 Å². The van der Waals surface area contributed by atoms with Gasteiger partial charge in [0.15, 0.2) is 0 Å². The number of nitrogens with zero attached hydrogens (tertiary/aromatic N) is 1. The minimum absolute atomic E-state index is 0.364. The van der Waals surface area contributed by atoms with Crippen molar-refractivity contribution in [1.82, 2.24) is 10.2 Å². The van der Waals surface area contributed by atoms with E-state index in [0.717, 1.165) is 12.8 Å². The number of nitrogens with one attached hydrogen (secondary N) is 1. The highest BCUT2D eigenvalue weighted by atomic mass is 16.5. The fourth-order valence-electron chi connectivity index (χ4n) is 2.13. The van der Waals surface area contributed by atoms with Crippen LogP contribution in [-0.4, -0.2) is 36.2 Å². The molecule has 0 aromatic heterocycles. The van der Waals surface area contributed by atoms with E-state index in [0.29, 0.717) is 13.2 Å². The van der Waals surface area contributed by atoms with Crippen LogP contribution in [0.4, 0.5) is 4.79 Å². The van der Waals surface area contributed by atoms with E-state index in [9.17, 15) is 9.59 Å². The molecule has 1 aliphatic rings. The van der Waals surface area contributed by atoms with Crippen LogP contribution in [-0.2, 0) is 16.0 Å². The summed E-state index contributed by atoms with van der Waals surface area (Å²) in [5.41, 5.74) is 1.22. The van der Waals surface area contributed by atoms with Crippen molar-refractivity contribution in [1.29, 1.82) is 0 Å². The molecule has 1 fully saturated rings. The van der Waals surface area contributed by atoms with Crippen molar-refractivity contribution in [2.45, 2.75) is 26.0 Å². The maximum absolute atomic E-state index is 11.6. The van der Waals surface area contributed by atoms with Crippen molar-refractivity contribution in [2.24, 2.45) is 0 Å². The Bertz CT molecular complexity index is 447. The summed E-state index contributed by atoms with van der Waals surface area (Å²) in [7, 11) is 0. The zero-order chi connectivity index (χ0) is 13.7. The Balaban J connectivity index is 1.87. The van der Waals surface area contributed by atoms with Crippen molar-refractivity contribution in [2.75, 3.05) is 13.2 Å². The lowest BCUT2D eigenvalue weighted by molar-refractivity contribution is -0.135. The van der Waals surface area contributed by atoms with Crippen LogP contribution in [0.15, 0.2) is 30.3 Å². The molecule has 1 atom stereocenters. The summed E-state index contributed by atoms with van der Waals surface area (Å²) in [6.45, 7) is 2.72. The standard InChI is InChI=1S/C14H18N2O3/c1-2-19-13-12(17)15-14(18)16(13)10-6-9-11-7-4-3-5-8-11/h3-5,7-8,13H,2,6,9-10H2,1H3,(H,15,17,18). The van der Waals surface area contributed by atoms with E-state index in [4.69, 9.17) is 4.74 Å². The van der Waals surface area contributed by atoms with Gasteiger partial charge >= 0.3 is 6.03 Å². The highest BCUT2D eigenvalue weighted by molar-refractivity contribution is 6.03. The normalized spacial score (nSPS) is 18.8. The van der Waals surface area contributed by atoms with Gasteiger partial charge in [0, 0.05) is 13.2 Å². The molecule has 5 nitrogen and oxygen atoms in total. The van der Waals surface area contributed by atoms with Crippen LogP contribution in [0.25, 0.3) is 0 Å². The van der Waals surface area contributed by atoms with Gasteiger partial charge in [0.05, 0.1) is 0 Å². The predicted octanol–water partition coefficient (Wildman–Crippen LogP) is 1.53. The quantitative estimate of drug-likeness (QED) is 0.791. The summed E-state index contributed by atoms with van der Waals surface area (Å²) in [4.78, 5) is 24.6. The number of imide groups is 1. The Kier molecular flexibility index (Phi) is 4.52. The summed E-state index contributed by atoms with van der Waals surface area (Å²) in [6.07, 6.45) is 0.902. The first-order valence-electron chi connectivity index (χ1n) is 6.49. The lowest BCUT2D eigenvalue weighted by atomic mass is 10.1. The number of hydrogen-bond acceptors (Lipinski definition) is 3. The van der Waals surface area contributed by atoms with Gasteiger partial charge in [-0.05, 0) is 25.3 Å². The summed E-state index contributed by atoms with van der Waals surface area (Å²) in [6, 6.07) is 9.69. The summed E-state index contributed by atoms with van der Waals surface area (Å²) in [5, 5.41) is 2.27. The third kappa shape index (κ3) is 3.32. The molecule has 0 bridgehead atoms. The Labute approximate surface area is 112 Å². The van der Waals surface area contributed by atoms with Crippen LogP contribution in [0.1, 0.15) is 18.9 Å². The molecular weight excluding hydrogens is 244 g/mol. The summed E-state index contributed by atoms with van der Waals surface area (Å²) in [5.74, 6) is -0.369. The number of carbonyl (C=O) groups excluding carboxylic acids is 2. The zero-order valence-corrected chi connectivity index (χ0v) is 11.0. The number of ether oxygens (including phenoxy) is 1. The first-order chi connectivity index (χ1) is 9.22. The molecule has 1 N–H and O–H groups in total. The molecule has 102 valence electrons. The highest BCUT2D eigenvalue weighted by Gasteiger charge is 2.38. The van der Waals surface area contributed by atoms with Crippen LogP contribution >= 0.6 is 0 Å². The van der Waals surface area contributed by atoms with Crippen molar-refractivity contribution >= 4 is 11.9 Å². The Morgan fingerprint density at radius 2 is 2.00 bits per heavy atom. The molecular formula is C14H18N2O3. The molecule has 0 spiro atoms. The van der Waals surface area contributed by atoms with Gasteiger partial charge in [-0.15, -0.1) is 0 Å². The van der Waals surface area contributed by atoms with E-state index >= 15 is 0 Å². The average Bonchev–Trinajstić information content (AvgIpc) is 2.67. The molecule has 2 rings (SSSR count). The number of amides is 3. The van der Waals surface area contributed by atoms with Gasteiger partial charge in [0.1, 0.15) is 0 Å². The van der Waals surface area contributed by atoms with E-state index in [-0.39, 0.29) is 11.9 Å². The molecule has 19 heavy (non-hydrogen) atoms. The van der Waals surface area contributed by atoms with Crippen LogP contribution in [0.3, 0.4) is 0 Å². The smallest absolute Gasteiger partial charge is 0.326 e. The largest absolute Gasteiger partial charge is 0.350 e. The molecule has 1 aromatic rings. The maximum atomic E-state index is 11.6. The highest BCUT2D eigenvalue weighted by Crippen LogP contribution is 2.12. The molecule has 1 heterocycles. The third-order valence-corrected chi connectivity index (χ3v) is 3.03. The van der Waals surface area contributed by atoms with Gasteiger partial charge in [-0.2, -0.15) is 0 Å². The van der Waals surface area contributed by atoms with Crippen molar-refractivity contribution in [3.8, 4) is 0 Å². The van der Waals surface area contributed by atoms with Crippen molar-refractivity contribution < 1.29 is 14.3 Å². The monoisotopic (exact) mass is 262 g/mol. The first kappa shape index (κ1) is 13.5. The number of carbonyl (C=O) groups is 2. The van der Waals surface area contributed by atoms with Crippen molar-refractivity contribution in [3.63, 3.8) is 0 Å². The molecule has 1 aliphatic heterocycles. The number of urea groups is 1. The minimum Gasteiger partial charge on any atom is -0.350 e. The second-order valence-electron chi connectivity index (χ2n) is 4.38. The lowest BCUT2D eigenvalue weighted by Crippen LogP contribution is -2.38. The average molecular weight is 262 g/mol. The third-order valence-electron chi connectivity index (χ3n) is 3.03. The van der Waals surface area contributed by atoms with E-state index in [1.165, 1.54) is 10.5 Å². The van der Waals surface area contributed by atoms with Crippen LogP contribution in [0.2, 0.25) is 0 Å². The summed E-state index contributed by atoms with van der Waals surface area (Å²) >= 11 is 0. The van der Waals surface area contributed by atoms with Gasteiger partial charge in [0.2, 0.25) is 6.23 Å². The molecule has 0 aliphatic carbocycles. The van der Waals surface area contributed by atoms with E-state index in [2.05, 4.69) is 17.4 Å². The van der Waals surface area contributed by atoms with Gasteiger partial charge < -0.3 is 4.74 Å². The zero-order valence-electron chi connectivity index (χ0n) is 11.0. The predicted molar refractivity (Wildman–Crippen MR) is 70.4 cm³/mol. The Hall–Kier alpha value is -1.88. The molecule has 1 saturated heterocycles. The van der Waals surface area contributed by atoms with Gasteiger partial charge in [-0.3, -0.25) is 15.0 Å². The number of rotatable bonds is 6. The molecule has 0 saturated carbocycles. The maximum Gasteiger partial charge on any atom is 0.326 e. The van der Waals surface area contributed by atoms with Crippen LogP contribution < -0.4 is 5.32 Å². The van der Waals surface area contributed by atoms with Crippen molar-refractivity contribution in [3.05, 3.63) is 35.9 Å². The van der Waals surface area contributed by atoms with Crippen LogP contribution in [0, 0.1) is 0 Å². The number of benzene rings is 1. The lowest BCUT2D eigenvalue weighted by Gasteiger charge is -2.21.